The molecule has 2 N–H and O–H groups in total. The summed E-state index contributed by atoms with van der Waals surface area (Å²) >= 11 is 6.17. The molecule has 0 saturated heterocycles. The summed E-state index contributed by atoms with van der Waals surface area (Å²) < 4.78 is 34.7. The highest BCUT2D eigenvalue weighted by molar-refractivity contribution is 6.34. The van der Waals surface area contributed by atoms with Crippen molar-refractivity contribution >= 4 is 35.2 Å². The zero-order chi connectivity index (χ0) is 22.4. The zero-order valence-electron chi connectivity index (χ0n) is 16.7. The quantitative estimate of drug-likeness (QED) is 0.533. The Bertz CT molecular complexity index is 993. The Balaban J connectivity index is 1.64. The van der Waals surface area contributed by atoms with Crippen molar-refractivity contribution in [2.75, 3.05) is 11.9 Å². The molecule has 0 aliphatic heterocycles. The van der Waals surface area contributed by atoms with E-state index in [2.05, 4.69) is 15.4 Å². The molecule has 6 nitrogen and oxygen atoms in total. The smallest absolute Gasteiger partial charge is 0.387 e. The Morgan fingerprint density at radius 1 is 1.19 bits per heavy atom. The van der Waals surface area contributed by atoms with Crippen molar-refractivity contribution in [3.8, 4) is 11.5 Å². The Morgan fingerprint density at radius 3 is 2.61 bits per heavy atom. The Kier molecular flexibility index (Phi) is 7.46. The van der Waals surface area contributed by atoms with Crippen molar-refractivity contribution in [1.29, 1.82) is 0 Å². The van der Waals surface area contributed by atoms with Crippen LogP contribution in [0.4, 0.5) is 14.5 Å². The third kappa shape index (κ3) is 6.68. The number of hydrogen-bond acceptors (Lipinski definition) is 4. The third-order valence-electron chi connectivity index (χ3n) is 4.30. The summed E-state index contributed by atoms with van der Waals surface area (Å²) in [7, 11) is 0. The molecule has 0 bridgehead atoms. The second-order valence-corrected chi connectivity index (χ2v) is 7.19. The summed E-state index contributed by atoms with van der Waals surface area (Å²) in [5.41, 5.74) is 1.33. The lowest BCUT2D eigenvalue weighted by molar-refractivity contribution is -0.111. The Labute approximate surface area is 183 Å². The average molecular weight is 451 g/mol. The van der Waals surface area contributed by atoms with Gasteiger partial charge in [-0.25, -0.2) is 0 Å². The maximum Gasteiger partial charge on any atom is 0.387 e. The van der Waals surface area contributed by atoms with Crippen molar-refractivity contribution in [3.05, 3.63) is 58.6 Å². The molecule has 1 fully saturated rings. The molecule has 0 unspecified atom stereocenters. The van der Waals surface area contributed by atoms with Gasteiger partial charge < -0.3 is 20.1 Å². The number of alkyl halides is 2. The van der Waals surface area contributed by atoms with Crippen LogP contribution >= 0.6 is 11.6 Å². The van der Waals surface area contributed by atoms with E-state index in [1.165, 1.54) is 36.4 Å². The van der Waals surface area contributed by atoms with Crippen LogP contribution in [-0.2, 0) is 4.79 Å². The highest BCUT2D eigenvalue weighted by Gasteiger charge is 2.24. The third-order valence-corrected chi connectivity index (χ3v) is 4.62. The maximum absolute atomic E-state index is 12.5. The van der Waals surface area contributed by atoms with Gasteiger partial charge in [0.25, 0.3) is 5.91 Å². The molecule has 0 aromatic heterocycles. The lowest BCUT2D eigenvalue weighted by Crippen LogP contribution is -2.25. The first-order valence-corrected chi connectivity index (χ1v) is 10.0. The fourth-order valence-electron chi connectivity index (χ4n) is 2.71. The minimum absolute atomic E-state index is 0.0843. The molecule has 1 aliphatic rings. The van der Waals surface area contributed by atoms with Crippen LogP contribution in [0.1, 0.15) is 35.7 Å². The summed E-state index contributed by atoms with van der Waals surface area (Å²) in [6, 6.07) is 9.22. The summed E-state index contributed by atoms with van der Waals surface area (Å²) in [5, 5.41) is 5.74. The van der Waals surface area contributed by atoms with Crippen LogP contribution < -0.4 is 20.1 Å². The molecule has 3 rings (SSSR count). The van der Waals surface area contributed by atoms with Gasteiger partial charge in [-0.15, -0.1) is 0 Å². The van der Waals surface area contributed by atoms with Gasteiger partial charge in [0, 0.05) is 17.8 Å². The van der Waals surface area contributed by atoms with Gasteiger partial charge in [-0.3, -0.25) is 9.59 Å². The largest absolute Gasteiger partial charge is 0.490 e. The lowest BCUT2D eigenvalue weighted by Gasteiger charge is -2.11. The van der Waals surface area contributed by atoms with Crippen LogP contribution in [0.3, 0.4) is 0 Å². The number of ether oxygens (including phenoxy) is 2. The molecular weight excluding hydrogens is 430 g/mol. The van der Waals surface area contributed by atoms with E-state index in [1.54, 1.807) is 19.1 Å². The summed E-state index contributed by atoms with van der Waals surface area (Å²) in [4.78, 5) is 24.3. The second-order valence-electron chi connectivity index (χ2n) is 6.78. The molecule has 31 heavy (non-hydrogen) atoms. The van der Waals surface area contributed by atoms with Crippen molar-refractivity contribution in [2.45, 2.75) is 32.4 Å². The number of anilines is 1. The van der Waals surface area contributed by atoms with Gasteiger partial charge in [0.05, 0.1) is 17.2 Å². The molecule has 9 heteroatoms. The zero-order valence-corrected chi connectivity index (χ0v) is 17.4. The van der Waals surface area contributed by atoms with E-state index in [-0.39, 0.29) is 35.1 Å². The maximum atomic E-state index is 12.5. The first kappa shape index (κ1) is 22.6. The van der Waals surface area contributed by atoms with Crippen LogP contribution in [-0.4, -0.2) is 31.1 Å². The van der Waals surface area contributed by atoms with Crippen molar-refractivity contribution < 1.29 is 27.8 Å². The molecule has 0 spiro atoms. The number of rotatable bonds is 9. The number of benzene rings is 2. The van der Waals surface area contributed by atoms with Gasteiger partial charge >= 0.3 is 6.61 Å². The molecule has 2 aromatic carbocycles. The monoisotopic (exact) mass is 450 g/mol. The number of halogens is 3. The Morgan fingerprint density at radius 2 is 1.97 bits per heavy atom. The molecule has 1 aliphatic carbocycles. The highest BCUT2D eigenvalue weighted by Crippen LogP contribution is 2.30. The van der Waals surface area contributed by atoms with Gasteiger partial charge in [0.2, 0.25) is 5.91 Å². The number of carbonyl (C=O) groups excluding carboxylic acids is 2. The predicted molar refractivity (Wildman–Crippen MR) is 114 cm³/mol. The molecule has 0 heterocycles. The molecule has 2 aromatic rings. The van der Waals surface area contributed by atoms with Crippen LogP contribution in [0.15, 0.2) is 42.5 Å². The van der Waals surface area contributed by atoms with Crippen LogP contribution in [0, 0.1) is 0 Å². The van der Waals surface area contributed by atoms with Crippen molar-refractivity contribution in [3.63, 3.8) is 0 Å². The molecular formula is C22H21ClF2N2O4. The number of carbonyl (C=O) groups is 2. The van der Waals surface area contributed by atoms with E-state index in [0.29, 0.717) is 16.8 Å². The van der Waals surface area contributed by atoms with Crippen LogP contribution in [0.5, 0.6) is 11.5 Å². The van der Waals surface area contributed by atoms with Gasteiger partial charge in [-0.1, -0.05) is 17.7 Å². The second kappa shape index (κ2) is 10.3. The number of hydrogen-bond donors (Lipinski definition) is 2. The summed E-state index contributed by atoms with van der Waals surface area (Å²) in [5.74, 6) is -0.608. The van der Waals surface area contributed by atoms with Crippen molar-refractivity contribution in [1.82, 2.24) is 5.32 Å². The predicted octanol–water partition coefficient (Wildman–Crippen LogP) is 4.88. The van der Waals surface area contributed by atoms with E-state index in [4.69, 9.17) is 16.3 Å². The van der Waals surface area contributed by atoms with E-state index in [0.717, 1.165) is 12.8 Å². The lowest BCUT2D eigenvalue weighted by atomic mass is 10.1. The Hall–Kier alpha value is -3.13. The first-order chi connectivity index (χ1) is 14.9. The SMILES string of the molecule is CCOc1cc(/C=C/C(=O)Nc2ccc(C(=O)NC3CC3)c(Cl)c2)ccc1OC(F)F. The fraction of sp³-hybridized carbons (Fsp3) is 0.273. The normalized spacial score (nSPS) is 13.3. The first-order valence-electron chi connectivity index (χ1n) is 9.67. The van der Waals surface area contributed by atoms with Gasteiger partial charge in [-0.05, 0) is 61.7 Å². The van der Waals surface area contributed by atoms with E-state index in [9.17, 15) is 18.4 Å². The topological polar surface area (TPSA) is 76.7 Å². The number of nitrogens with one attached hydrogen (secondary N) is 2. The molecule has 1 saturated carbocycles. The highest BCUT2D eigenvalue weighted by atomic mass is 35.5. The van der Waals surface area contributed by atoms with E-state index >= 15 is 0 Å². The minimum Gasteiger partial charge on any atom is -0.490 e. The molecule has 164 valence electrons. The van der Waals surface area contributed by atoms with E-state index < -0.39 is 12.5 Å². The van der Waals surface area contributed by atoms with Gasteiger partial charge in [0.1, 0.15) is 0 Å². The molecule has 2 amide bonds. The number of amides is 2. The summed E-state index contributed by atoms with van der Waals surface area (Å²) in [6.07, 6.45) is 4.72. The van der Waals surface area contributed by atoms with Crippen molar-refractivity contribution in [2.24, 2.45) is 0 Å². The standard InChI is InChI=1S/C22H21ClF2N2O4/c1-2-30-19-11-13(3-9-18(19)31-22(24)25)4-10-20(28)26-15-7-8-16(17(23)12-15)21(29)27-14-5-6-14/h3-4,7-12,14,22H,2,5-6H2,1H3,(H,26,28)(H,27,29)/b10-4+. The van der Waals surface area contributed by atoms with Gasteiger partial charge in [-0.2, -0.15) is 8.78 Å². The van der Waals surface area contributed by atoms with Crippen LogP contribution in [0.25, 0.3) is 6.08 Å². The molecule has 0 atom stereocenters. The minimum atomic E-state index is -2.97. The van der Waals surface area contributed by atoms with E-state index in [1.807, 2.05) is 0 Å². The average Bonchev–Trinajstić information content (AvgIpc) is 3.52. The molecule has 0 radical (unpaired) electrons. The summed E-state index contributed by atoms with van der Waals surface area (Å²) in [6.45, 7) is -0.985. The van der Waals surface area contributed by atoms with Crippen LogP contribution in [0.2, 0.25) is 5.02 Å². The van der Waals surface area contributed by atoms with Gasteiger partial charge in [0.15, 0.2) is 11.5 Å². The fourth-order valence-corrected chi connectivity index (χ4v) is 2.98.